The molecule has 9 heteroatoms. The Morgan fingerprint density at radius 3 is 2.46 bits per heavy atom. The highest BCUT2D eigenvalue weighted by Gasteiger charge is 2.64. The first kappa shape index (κ1) is 24.9. The minimum Gasteiger partial charge on any atom is -0.508 e. The highest BCUT2D eigenvalue weighted by Crippen LogP contribution is 2.53. The Kier molecular flexibility index (Phi) is 6.05. The van der Waals surface area contributed by atoms with Gasteiger partial charge in [-0.2, -0.15) is 0 Å². The van der Waals surface area contributed by atoms with Crippen molar-refractivity contribution in [1.29, 1.82) is 0 Å². The van der Waals surface area contributed by atoms with Gasteiger partial charge in [0.15, 0.2) is 11.4 Å². The number of hydrogen-bond acceptors (Lipinski definition) is 8. The third-order valence-corrected chi connectivity index (χ3v) is 7.97. The fraction of sp³-hybridized carbons (Fsp3) is 0.500. The summed E-state index contributed by atoms with van der Waals surface area (Å²) in [5.74, 6) is -6.01. The van der Waals surface area contributed by atoms with Crippen LogP contribution in [0.25, 0.3) is 5.76 Å². The van der Waals surface area contributed by atoms with Gasteiger partial charge in [-0.05, 0) is 62.4 Å². The molecular weight excluding hydrogens is 452 g/mol. The number of aliphatic hydroxyl groups is 3. The third kappa shape index (κ3) is 3.48. The van der Waals surface area contributed by atoms with Gasteiger partial charge in [-0.25, -0.2) is 0 Å². The van der Waals surface area contributed by atoms with Gasteiger partial charge in [0.25, 0.3) is 5.91 Å². The van der Waals surface area contributed by atoms with Crippen molar-refractivity contribution >= 4 is 23.2 Å². The molecule has 0 saturated heterocycles. The van der Waals surface area contributed by atoms with E-state index in [0.717, 1.165) is 24.0 Å². The Morgan fingerprint density at radius 2 is 1.89 bits per heavy atom. The van der Waals surface area contributed by atoms with Gasteiger partial charge in [0.05, 0.1) is 11.6 Å². The number of likely N-dealkylation sites (N-methyl/N-ethyl adjacent to an activating group) is 1. The summed E-state index contributed by atoms with van der Waals surface area (Å²) in [6.07, 6.45) is 2.07. The van der Waals surface area contributed by atoms with Crippen LogP contribution in [0, 0.1) is 17.8 Å². The van der Waals surface area contributed by atoms with Crippen molar-refractivity contribution in [2.45, 2.75) is 51.2 Å². The van der Waals surface area contributed by atoms with Crippen molar-refractivity contribution in [2.24, 2.45) is 23.5 Å². The number of Topliss-reactive ketones (excluding diaryl/α,β-unsaturated/α-hetero) is 2. The lowest BCUT2D eigenvalue weighted by Gasteiger charge is -2.50. The number of phenolic OH excluding ortho intramolecular Hbond substituents is 1. The van der Waals surface area contributed by atoms with Crippen LogP contribution in [0.15, 0.2) is 29.0 Å². The highest BCUT2D eigenvalue weighted by atomic mass is 16.3. The van der Waals surface area contributed by atoms with Crippen molar-refractivity contribution < 1.29 is 34.8 Å². The van der Waals surface area contributed by atoms with Gasteiger partial charge < -0.3 is 26.2 Å². The van der Waals surface area contributed by atoms with Crippen molar-refractivity contribution in [2.75, 3.05) is 14.1 Å². The summed E-state index contributed by atoms with van der Waals surface area (Å²) >= 11 is 0. The predicted octanol–water partition coefficient (Wildman–Crippen LogP) is 1.55. The first-order chi connectivity index (χ1) is 16.4. The molecule has 1 fully saturated rings. The Labute approximate surface area is 203 Å². The number of ketones is 2. The monoisotopic (exact) mass is 484 g/mol. The normalized spacial score (nSPS) is 29.1. The summed E-state index contributed by atoms with van der Waals surface area (Å²) in [4.78, 5) is 40.4. The summed E-state index contributed by atoms with van der Waals surface area (Å²) < 4.78 is 0. The number of fused-ring (bicyclic) bond motifs is 3. The number of primary amides is 1. The number of carbonyl (C=O) groups excluding carboxylic acids is 3. The second-order valence-corrected chi connectivity index (χ2v) is 10.3. The van der Waals surface area contributed by atoms with Crippen LogP contribution in [-0.4, -0.2) is 68.5 Å². The molecular formula is C26H32N2O7. The molecule has 188 valence electrons. The average Bonchev–Trinajstić information content (AvgIpc) is 2.77. The summed E-state index contributed by atoms with van der Waals surface area (Å²) in [5.41, 5.74) is 3.60. The Bertz CT molecular complexity index is 1200. The molecule has 9 nitrogen and oxygen atoms in total. The number of hydrogen-bond donors (Lipinski definition) is 5. The van der Waals surface area contributed by atoms with Gasteiger partial charge in [0, 0.05) is 11.5 Å². The molecule has 1 saturated carbocycles. The molecule has 35 heavy (non-hydrogen) atoms. The fourth-order valence-corrected chi connectivity index (χ4v) is 6.02. The van der Waals surface area contributed by atoms with Crippen LogP contribution in [0.2, 0.25) is 0 Å². The van der Waals surface area contributed by atoms with Gasteiger partial charge in [-0.1, -0.05) is 26.3 Å². The lowest BCUT2D eigenvalue weighted by molar-refractivity contribution is -0.153. The number of phenols is 1. The molecule has 2 unspecified atom stereocenters. The number of benzene rings is 1. The zero-order chi connectivity index (χ0) is 26.0. The second-order valence-electron chi connectivity index (χ2n) is 10.3. The van der Waals surface area contributed by atoms with E-state index in [4.69, 9.17) is 5.73 Å². The first-order valence-corrected chi connectivity index (χ1v) is 11.8. The fourth-order valence-electron chi connectivity index (χ4n) is 6.02. The molecule has 0 spiro atoms. The molecule has 3 aliphatic rings. The summed E-state index contributed by atoms with van der Waals surface area (Å²) in [6, 6.07) is 2.21. The first-order valence-electron chi connectivity index (χ1n) is 11.8. The van der Waals surface area contributed by atoms with E-state index in [2.05, 4.69) is 13.8 Å². The zero-order valence-corrected chi connectivity index (χ0v) is 20.3. The number of nitrogens with zero attached hydrogens (tertiary/aromatic N) is 1. The Balaban J connectivity index is 1.94. The van der Waals surface area contributed by atoms with E-state index in [-0.39, 0.29) is 23.3 Å². The molecule has 6 N–H and O–H groups in total. The number of nitrogens with two attached hydrogens (primary N) is 1. The minimum atomic E-state index is -2.62. The predicted molar refractivity (Wildman–Crippen MR) is 127 cm³/mol. The van der Waals surface area contributed by atoms with Crippen molar-refractivity contribution in [3.05, 3.63) is 45.7 Å². The van der Waals surface area contributed by atoms with Crippen molar-refractivity contribution in [3.63, 3.8) is 0 Å². The maximum atomic E-state index is 13.8. The van der Waals surface area contributed by atoms with Crippen LogP contribution < -0.4 is 5.73 Å². The third-order valence-electron chi connectivity index (χ3n) is 7.97. The molecule has 1 amide bonds. The maximum absolute atomic E-state index is 13.8. The van der Waals surface area contributed by atoms with E-state index in [0.29, 0.717) is 12.3 Å². The van der Waals surface area contributed by atoms with Crippen molar-refractivity contribution in [1.82, 2.24) is 4.90 Å². The minimum absolute atomic E-state index is 0.0875. The summed E-state index contributed by atoms with van der Waals surface area (Å²) in [5, 5.41) is 44.3. The van der Waals surface area contributed by atoms with Gasteiger partial charge in [-0.3, -0.25) is 19.3 Å². The van der Waals surface area contributed by atoms with Gasteiger partial charge in [0.2, 0.25) is 5.78 Å². The van der Waals surface area contributed by atoms with E-state index >= 15 is 0 Å². The largest absolute Gasteiger partial charge is 0.508 e. The van der Waals surface area contributed by atoms with Crippen molar-refractivity contribution in [3.8, 4) is 5.75 Å². The molecule has 4 rings (SSSR count). The average molecular weight is 485 g/mol. The van der Waals surface area contributed by atoms with Crippen LogP contribution in [0.5, 0.6) is 5.75 Å². The molecule has 1 aromatic rings. The number of aliphatic hydroxyl groups excluding tert-OH is 2. The van der Waals surface area contributed by atoms with E-state index in [1.807, 2.05) is 6.07 Å². The number of amides is 1. The lowest BCUT2D eigenvalue weighted by Crippen LogP contribution is -2.65. The van der Waals surface area contributed by atoms with Gasteiger partial charge in [0.1, 0.15) is 22.8 Å². The number of aromatic hydroxyl groups is 1. The van der Waals surface area contributed by atoms with E-state index < -0.39 is 58.0 Å². The van der Waals surface area contributed by atoms with Crippen LogP contribution in [0.4, 0.5) is 0 Å². The van der Waals surface area contributed by atoms with E-state index in [1.54, 1.807) is 14.1 Å². The van der Waals surface area contributed by atoms with Crippen LogP contribution in [-0.2, 0) is 27.2 Å². The molecule has 1 aromatic carbocycles. The van der Waals surface area contributed by atoms with Gasteiger partial charge in [-0.15, -0.1) is 0 Å². The molecule has 0 bridgehead atoms. The van der Waals surface area contributed by atoms with Gasteiger partial charge >= 0.3 is 0 Å². The standard InChI is InChI=1S/C26H32N2O7/c1-5-11(2)8-12-6-7-16(29)18-14(12)9-13-10-15-20(28(3)4)22(31)19(25(27)34)24(33)26(15,35)23(32)17(13)21(18)30/h6-7,11,13,15,20,29-30,33,35H,5,8-10H2,1-4H3,(H2,27,34)/t11?,13-,15-,20?,26-/m1/s1. The summed E-state index contributed by atoms with van der Waals surface area (Å²) in [7, 11) is 3.16. The quantitative estimate of drug-likeness (QED) is 0.393. The topological polar surface area (TPSA) is 161 Å². The lowest BCUT2D eigenvalue weighted by atomic mass is 9.57. The smallest absolute Gasteiger partial charge is 0.255 e. The Morgan fingerprint density at radius 1 is 1.23 bits per heavy atom. The summed E-state index contributed by atoms with van der Waals surface area (Å²) in [6.45, 7) is 4.18. The molecule has 3 aliphatic carbocycles. The molecule has 0 radical (unpaired) electrons. The SMILES string of the molecule is CCC(C)Cc1ccc(O)c2c1C[C@@H]1C[C@@H]3C(N(C)C)C(=O)C(C(N)=O)=C(O)[C@]3(O)C(=O)C1=C2O. The number of rotatable bonds is 5. The maximum Gasteiger partial charge on any atom is 0.255 e. The molecule has 0 aliphatic heterocycles. The van der Waals surface area contributed by atoms with Crippen LogP contribution >= 0.6 is 0 Å². The zero-order valence-electron chi connectivity index (χ0n) is 20.3. The van der Waals surface area contributed by atoms with Crippen LogP contribution in [0.3, 0.4) is 0 Å². The second kappa shape index (κ2) is 8.49. The molecule has 5 atom stereocenters. The molecule has 0 aromatic heterocycles. The number of carbonyl (C=O) groups is 3. The van der Waals surface area contributed by atoms with E-state index in [1.165, 1.54) is 11.0 Å². The van der Waals surface area contributed by atoms with E-state index in [9.17, 15) is 34.8 Å². The Hall–Kier alpha value is -3.17. The highest BCUT2D eigenvalue weighted by molar-refractivity contribution is 6.24. The molecule has 0 heterocycles. The van der Waals surface area contributed by atoms with Crippen LogP contribution in [0.1, 0.15) is 43.4 Å².